The lowest BCUT2D eigenvalue weighted by atomic mass is 10.1. The first kappa shape index (κ1) is 22.0. The second-order valence-corrected chi connectivity index (χ2v) is 8.53. The Labute approximate surface area is 197 Å². The molecule has 4 aromatic rings. The summed E-state index contributed by atoms with van der Waals surface area (Å²) in [5, 5.41) is 4.32. The molecular formula is C26H28N6O2. The maximum atomic E-state index is 12.9. The highest BCUT2D eigenvalue weighted by molar-refractivity contribution is 5.94. The molecule has 34 heavy (non-hydrogen) atoms. The summed E-state index contributed by atoms with van der Waals surface area (Å²) in [5.41, 5.74) is 1.56. The van der Waals surface area contributed by atoms with Crippen LogP contribution in [-0.4, -0.2) is 64.6 Å². The van der Waals surface area contributed by atoms with Gasteiger partial charge in [0.05, 0.1) is 11.0 Å². The Balaban J connectivity index is 1.15. The van der Waals surface area contributed by atoms with E-state index >= 15 is 0 Å². The van der Waals surface area contributed by atoms with Gasteiger partial charge < -0.3 is 14.8 Å². The minimum Gasteiger partial charge on any atom is -0.355 e. The van der Waals surface area contributed by atoms with Gasteiger partial charge in [-0.2, -0.15) is 0 Å². The molecule has 174 valence electrons. The molecule has 0 radical (unpaired) electrons. The lowest BCUT2D eigenvalue weighted by Crippen LogP contribution is -2.47. The highest BCUT2D eigenvalue weighted by atomic mass is 16.2. The van der Waals surface area contributed by atoms with E-state index in [0.717, 1.165) is 56.1 Å². The fourth-order valence-corrected chi connectivity index (χ4v) is 4.60. The second kappa shape index (κ2) is 10.0. The number of hydrogen-bond donors (Lipinski definition) is 1. The Morgan fingerprint density at radius 3 is 2.12 bits per heavy atom. The first-order chi connectivity index (χ1) is 16.7. The minimum atomic E-state index is -0.0509. The van der Waals surface area contributed by atoms with Gasteiger partial charge in [-0.1, -0.05) is 24.3 Å². The van der Waals surface area contributed by atoms with Crippen LogP contribution in [0.2, 0.25) is 0 Å². The smallest absolute Gasteiger partial charge is 0.239 e. The topological polar surface area (TPSA) is 83.4 Å². The molecule has 3 heterocycles. The van der Waals surface area contributed by atoms with E-state index in [-0.39, 0.29) is 17.9 Å². The van der Waals surface area contributed by atoms with Gasteiger partial charge in [0, 0.05) is 55.9 Å². The van der Waals surface area contributed by atoms with Gasteiger partial charge in [-0.05, 0) is 43.3 Å². The van der Waals surface area contributed by atoms with E-state index < -0.39 is 0 Å². The first-order valence-corrected chi connectivity index (χ1v) is 11.7. The van der Waals surface area contributed by atoms with Crippen molar-refractivity contribution in [3.05, 3.63) is 77.2 Å². The molecule has 1 saturated heterocycles. The normalized spacial score (nSPS) is 14.5. The molecule has 5 rings (SSSR count). The van der Waals surface area contributed by atoms with E-state index in [0.29, 0.717) is 17.3 Å². The molecule has 0 aliphatic carbocycles. The number of para-hydroxylation sites is 2. The number of nitrogens with zero attached hydrogens (tertiary/aromatic N) is 5. The Bertz CT molecular complexity index is 1290. The van der Waals surface area contributed by atoms with Crippen LogP contribution in [0.4, 0.5) is 5.95 Å². The number of anilines is 1. The van der Waals surface area contributed by atoms with Crippen molar-refractivity contribution in [2.45, 2.75) is 13.0 Å². The van der Waals surface area contributed by atoms with Crippen molar-refractivity contribution in [3.63, 3.8) is 0 Å². The van der Waals surface area contributed by atoms with E-state index in [9.17, 15) is 9.59 Å². The number of nitrogens with one attached hydrogen (secondary N) is 1. The number of fused-ring (bicyclic) bond motifs is 2. The van der Waals surface area contributed by atoms with Gasteiger partial charge in [-0.15, -0.1) is 0 Å². The van der Waals surface area contributed by atoms with Crippen molar-refractivity contribution in [2.24, 2.45) is 0 Å². The van der Waals surface area contributed by atoms with Crippen LogP contribution in [0.25, 0.3) is 21.8 Å². The summed E-state index contributed by atoms with van der Waals surface area (Å²) >= 11 is 0. The molecule has 2 aromatic carbocycles. The van der Waals surface area contributed by atoms with Crippen molar-refractivity contribution >= 4 is 33.7 Å². The molecule has 0 spiro atoms. The Hall–Kier alpha value is -3.78. The van der Waals surface area contributed by atoms with Gasteiger partial charge in [0.1, 0.15) is 6.54 Å². The van der Waals surface area contributed by atoms with Crippen LogP contribution in [-0.2, 0) is 11.3 Å². The van der Waals surface area contributed by atoms with E-state index in [1.807, 2.05) is 59.2 Å². The number of aromatic nitrogens is 3. The molecule has 1 fully saturated rings. The third-order valence-electron chi connectivity index (χ3n) is 6.36. The Morgan fingerprint density at radius 1 is 0.853 bits per heavy atom. The van der Waals surface area contributed by atoms with Crippen LogP contribution in [0, 0.1) is 0 Å². The number of amides is 1. The zero-order chi connectivity index (χ0) is 23.3. The molecule has 0 saturated carbocycles. The van der Waals surface area contributed by atoms with Crippen molar-refractivity contribution in [1.82, 2.24) is 24.8 Å². The monoisotopic (exact) mass is 456 g/mol. The van der Waals surface area contributed by atoms with Crippen LogP contribution in [0.1, 0.15) is 6.42 Å². The number of hydrogen-bond acceptors (Lipinski definition) is 6. The fraction of sp³-hybridized carbons (Fsp3) is 0.308. The van der Waals surface area contributed by atoms with Gasteiger partial charge in [0.25, 0.3) is 0 Å². The lowest BCUT2D eigenvalue weighted by molar-refractivity contribution is -0.121. The van der Waals surface area contributed by atoms with E-state index in [4.69, 9.17) is 0 Å². The van der Waals surface area contributed by atoms with Crippen LogP contribution in [0.5, 0.6) is 0 Å². The molecule has 1 aliphatic rings. The zero-order valence-corrected chi connectivity index (χ0v) is 19.1. The zero-order valence-electron chi connectivity index (χ0n) is 19.1. The molecule has 0 unspecified atom stereocenters. The molecular weight excluding hydrogens is 428 g/mol. The quantitative estimate of drug-likeness (QED) is 0.339. The third kappa shape index (κ3) is 4.63. The molecule has 0 atom stereocenters. The maximum absolute atomic E-state index is 12.9. The number of benzene rings is 2. The summed E-state index contributed by atoms with van der Waals surface area (Å²) < 4.78 is 1.94. The van der Waals surface area contributed by atoms with E-state index in [2.05, 4.69) is 25.1 Å². The van der Waals surface area contributed by atoms with Crippen molar-refractivity contribution < 1.29 is 4.79 Å². The number of carbonyl (C=O) groups excluding carboxylic acids is 1. The lowest BCUT2D eigenvalue weighted by Gasteiger charge is -2.34. The number of rotatable bonds is 7. The number of pyridine rings is 1. The highest BCUT2D eigenvalue weighted by Crippen LogP contribution is 2.19. The molecule has 0 bridgehead atoms. The predicted molar refractivity (Wildman–Crippen MR) is 134 cm³/mol. The molecule has 8 nitrogen and oxygen atoms in total. The third-order valence-corrected chi connectivity index (χ3v) is 6.36. The van der Waals surface area contributed by atoms with E-state index in [1.54, 1.807) is 12.4 Å². The summed E-state index contributed by atoms with van der Waals surface area (Å²) in [7, 11) is 0. The Kier molecular flexibility index (Phi) is 6.49. The largest absolute Gasteiger partial charge is 0.355 e. The summed E-state index contributed by atoms with van der Waals surface area (Å²) in [6.07, 6.45) is 4.44. The van der Waals surface area contributed by atoms with Crippen molar-refractivity contribution in [2.75, 3.05) is 44.2 Å². The van der Waals surface area contributed by atoms with Crippen molar-refractivity contribution in [3.8, 4) is 0 Å². The molecule has 8 heteroatoms. The van der Waals surface area contributed by atoms with Crippen LogP contribution >= 0.6 is 0 Å². The van der Waals surface area contributed by atoms with Crippen LogP contribution < -0.4 is 15.6 Å². The standard InChI is InChI=1S/C26H28N6O2/c33-24(27-13-6-14-30-15-17-31(18-16-30)26-28-11-5-12-29-26)19-32-22-9-3-1-7-20(22)25(34)21-8-2-4-10-23(21)32/h1-5,7-12H,6,13-19H2,(H,27,33). The van der Waals surface area contributed by atoms with Gasteiger partial charge in [-0.25, -0.2) is 9.97 Å². The fourth-order valence-electron chi connectivity index (χ4n) is 4.60. The summed E-state index contributed by atoms with van der Waals surface area (Å²) in [6.45, 7) is 5.47. The molecule has 1 aliphatic heterocycles. The van der Waals surface area contributed by atoms with Crippen LogP contribution in [0.3, 0.4) is 0 Å². The molecule has 1 N–H and O–H groups in total. The van der Waals surface area contributed by atoms with Gasteiger partial charge in [0.2, 0.25) is 11.9 Å². The Morgan fingerprint density at radius 2 is 1.47 bits per heavy atom. The second-order valence-electron chi connectivity index (χ2n) is 8.53. The minimum absolute atomic E-state index is 0.00165. The summed E-state index contributed by atoms with van der Waals surface area (Å²) in [6, 6.07) is 16.8. The van der Waals surface area contributed by atoms with Crippen LogP contribution in [0.15, 0.2) is 71.8 Å². The highest BCUT2D eigenvalue weighted by Gasteiger charge is 2.18. The summed E-state index contributed by atoms with van der Waals surface area (Å²) in [5.74, 6) is 0.738. The number of piperazine rings is 1. The van der Waals surface area contributed by atoms with E-state index in [1.165, 1.54) is 0 Å². The average Bonchev–Trinajstić information content (AvgIpc) is 2.90. The van der Waals surface area contributed by atoms with Gasteiger partial charge in [0.15, 0.2) is 5.43 Å². The summed E-state index contributed by atoms with van der Waals surface area (Å²) in [4.78, 5) is 38.9. The molecule has 1 amide bonds. The maximum Gasteiger partial charge on any atom is 0.239 e. The number of carbonyl (C=O) groups is 1. The van der Waals surface area contributed by atoms with Crippen molar-refractivity contribution in [1.29, 1.82) is 0 Å². The molecule has 2 aromatic heterocycles. The first-order valence-electron chi connectivity index (χ1n) is 11.7. The van der Waals surface area contributed by atoms with Gasteiger partial charge >= 0.3 is 0 Å². The predicted octanol–water partition coefficient (Wildman–Crippen LogP) is 2.27. The van der Waals surface area contributed by atoms with Gasteiger partial charge in [-0.3, -0.25) is 14.5 Å². The SMILES string of the molecule is O=C(Cn1c2ccccc2c(=O)c2ccccc21)NCCCN1CCN(c2ncccn2)CC1. The average molecular weight is 457 g/mol.